The van der Waals surface area contributed by atoms with Gasteiger partial charge in [-0.2, -0.15) is 0 Å². The summed E-state index contributed by atoms with van der Waals surface area (Å²) >= 11 is 0. The van der Waals surface area contributed by atoms with E-state index in [0.29, 0.717) is 0 Å². The number of rotatable bonds is 9. The highest BCUT2D eigenvalue weighted by molar-refractivity contribution is 7.93. The van der Waals surface area contributed by atoms with Crippen LogP contribution in [0.15, 0.2) is 60.7 Å². The van der Waals surface area contributed by atoms with Crippen LogP contribution in [0.3, 0.4) is 0 Å². The molecule has 2 aromatic rings. The number of esters is 1. The third-order valence-electron chi connectivity index (χ3n) is 4.58. The molecule has 150 valence electrons. The summed E-state index contributed by atoms with van der Waals surface area (Å²) in [6, 6.07) is 17.7. The van der Waals surface area contributed by atoms with Crippen LogP contribution in [-0.2, 0) is 37.2 Å². The van der Waals surface area contributed by atoms with Crippen LogP contribution in [0.5, 0.6) is 0 Å². The van der Waals surface area contributed by atoms with E-state index in [9.17, 15) is 23.1 Å². The molecule has 0 saturated carbocycles. The molecule has 6 nitrogen and oxygen atoms in total. The van der Waals surface area contributed by atoms with Gasteiger partial charge in [0.25, 0.3) is 0 Å². The quantitative estimate of drug-likeness (QED) is 0.646. The summed E-state index contributed by atoms with van der Waals surface area (Å²) in [5.41, 5.74) is 1.45. The molecule has 0 radical (unpaired) electrons. The second-order valence-electron chi connectivity index (χ2n) is 7.08. The van der Waals surface area contributed by atoms with Crippen molar-refractivity contribution in [2.75, 3.05) is 5.75 Å². The molecule has 0 bridgehead atoms. The molecule has 7 heteroatoms. The first-order valence-electron chi connectivity index (χ1n) is 8.83. The topological polar surface area (TPSA) is 97.7 Å². The van der Waals surface area contributed by atoms with Crippen molar-refractivity contribution in [1.29, 1.82) is 0 Å². The Morgan fingerprint density at radius 2 is 1.46 bits per heavy atom. The van der Waals surface area contributed by atoms with Gasteiger partial charge >= 0.3 is 11.9 Å². The van der Waals surface area contributed by atoms with Gasteiger partial charge in [-0.05, 0) is 31.4 Å². The average Bonchev–Trinajstić information content (AvgIpc) is 2.66. The Morgan fingerprint density at radius 1 is 0.964 bits per heavy atom. The molecule has 2 rings (SSSR count). The standard InChI is InChI=1S/C21H24O6S/c1-21(2,20(24)27-14-17-11-7-4-8-12-17)28(25,26)15-18(19(22)23)13-16-9-5-3-6-10-16/h3-12,18H,13-15H2,1-2H3,(H,22,23). The Kier molecular flexibility index (Phi) is 6.96. The highest BCUT2D eigenvalue weighted by Crippen LogP contribution is 2.24. The van der Waals surface area contributed by atoms with Crippen LogP contribution in [0.2, 0.25) is 0 Å². The van der Waals surface area contributed by atoms with Gasteiger partial charge < -0.3 is 9.84 Å². The van der Waals surface area contributed by atoms with E-state index in [2.05, 4.69) is 0 Å². The number of aliphatic carboxylic acids is 1. The lowest BCUT2D eigenvalue weighted by atomic mass is 10.0. The van der Waals surface area contributed by atoms with Crippen molar-refractivity contribution in [2.24, 2.45) is 5.92 Å². The molecule has 0 aliphatic heterocycles. The Hall–Kier alpha value is -2.67. The Morgan fingerprint density at radius 3 is 1.96 bits per heavy atom. The summed E-state index contributed by atoms with van der Waals surface area (Å²) < 4.78 is 29.0. The minimum atomic E-state index is -4.08. The maximum atomic E-state index is 12.8. The van der Waals surface area contributed by atoms with E-state index < -0.39 is 38.2 Å². The van der Waals surface area contributed by atoms with Crippen LogP contribution in [0.1, 0.15) is 25.0 Å². The number of benzene rings is 2. The fourth-order valence-electron chi connectivity index (χ4n) is 2.61. The molecule has 0 fully saturated rings. The first kappa shape index (κ1) is 21.6. The van der Waals surface area contributed by atoms with E-state index >= 15 is 0 Å². The van der Waals surface area contributed by atoms with Crippen molar-refractivity contribution in [3.63, 3.8) is 0 Å². The van der Waals surface area contributed by atoms with Crippen LogP contribution in [0.4, 0.5) is 0 Å². The third-order valence-corrected chi connectivity index (χ3v) is 7.14. The monoisotopic (exact) mass is 404 g/mol. The summed E-state index contributed by atoms with van der Waals surface area (Å²) in [7, 11) is -4.08. The van der Waals surface area contributed by atoms with Crippen LogP contribution in [0, 0.1) is 5.92 Å². The molecular formula is C21H24O6S. The number of hydrogen-bond donors (Lipinski definition) is 1. The highest BCUT2D eigenvalue weighted by atomic mass is 32.2. The first-order chi connectivity index (χ1) is 13.1. The Bertz CT molecular complexity index is 904. The van der Waals surface area contributed by atoms with Crippen LogP contribution < -0.4 is 0 Å². The smallest absolute Gasteiger partial charge is 0.327 e. The van der Waals surface area contributed by atoms with Gasteiger partial charge in [0.1, 0.15) is 6.61 Å². The third kappa shape index (κ3) is 5.42. The molecule has 1 N–H and O–H groups in total. The van der Waals surface area contributed by atoms with Gasteiger partial charge in [0, 0.05) is 0 Å². The molecular weight excluding hydrogens is 380 g/mol. The number of carbonyl (C=O) groups excluding carboxylic acids is 1. The van der Waals surface area contributed by atoms with Crippen molar-refractivity contribution >= 4 is 21.8 Å². The molecule has 2 aromatic carbocycles. The number of carboxylic acid groups (broad SMARTS) is 1. The summed E-state index contributed by atoms with van der Waals surface area (Å²) in [6.45, 7) is 2.44. The lowest BCUT2D eigenvalue weighted by Crippen LogP contribution is -2.45. The maximum absolute atomic E-state index is 12.8. The normalized spacial score (nSPS) is 12.9. The van der Waals surface area contributed by atoms with E-state index in [-0.39, 0.29) is 13.0 Å². The summed E-state index contributed by atoms with van der Waals surface area (Å²) in [4.78, 5) is 24.1. The number of hydrogen-bond acceptors (Lipinski definition) is 5. The van der Waals surface area contributed by atoms with E-state index in [1.54, 1.807) is 54.6 Å². The number of carbonyl (C=O) groups is 2. The minimum Gasteiger partial charge on any atom is -0.481 e. The Labute approximate surface area is 165 Å². The van der Waals surface area contributed by atoms with Crippen molar-refractivity contribution < 1.29 is 27.9 Å². The van der Waals surface area contributed by atoms with Crippen molar-refractivity contribution in [1.82, 2.24) is 0 Å². The van der Waals surface area contributed by atoms with E-state index in [4.69, 9.17) is 4.74 Å². The zero-order valence-corrected chi connectivity index (χ0v) is 16.7. The van der Waals surface area contributed by atoms with Crippen LogP contribution in [-0.4, -0.2) is 36.0 Å². The zero-order valence-electron chi connectivity index (χ0n) is 15.9. The van der Waals surface area contributed by atoms with Crippen molar-refractivity contribution in [2.45, 2.75) is 31.6 Å². The second kappa shape index (κ2) is 9.01. The van der Waals surface area contributed by atoms with Gasteiger partial charge in [0.05, 0.1) is 11.7 Å². The molecule has 0 spiro atoms. The van der Waals surface area contributed by atoms with Crippen molar-refractivity contribution in [3.8, 4) is 0 Å². The summed E-state index contributed by atoms with van der Waals surface area (Å²) in [5.74, 6) is -3.93. The van der Waals surface area contributed by atoms with E-state index in [0.717, 1.165) is 11.1 Å². The maximum Gasteiger partial charge on any atom is 0.327 e. The van der Waals surface area contributed by atoms with Gasteiger partial charge in [-0.3, -0.25) is 9.59 Å². The average molecular weight is 404 g/mol. The lowest BCUT2D eigenvalue weighted by Gasteiger charge is -2.24. The number of carboxylic acids is 1. The summed E-state index contributed by atoms with van der Waals surface area (Å²) in [6.07, 6.45) is 0.0601. The Balaban J connectivity index is 2.10. The predicted octanol–water partition coefficient (Wildman–Crippen LogP) is 2.87. The SMILES string of the molecule is CC(C)(C(=O)OCc1ccccc1)S(=O)(=O)CC(Cc1ccccc1)C(=O)O. The molecule has 28 heavy (non-hydrogen) atoms. The van der Waals surface area contributed by atoms with Gasteiger partial charge in [-0.15, -0.1) is 0 Å². The summed E-state index contributed by atoms with van der Waals surface area (Å²) in [5, 5.41) is 9.47. The number of sulfone groups is 1. The predicted molar refractivity (Wildman–Crippen MR) is 105 cm³/mol. The van der Waals surface area contributed by atoms with Gasteiger partial charge in [0.2, 0.25) is 0 Å². The van der Waals surface area contributed by atoms with Gasteiger partial charge in [0.15, 0.2) is 14.6 Å². The molecule has 0 aliphatic carbocycles. The first-order valence-corrected chi connectivity index (χ1v) is 10.5. The largest absolute Gasteiger partial charge is 0.481 e. The molecule has 0 aliphatic rings. The van der Waals surface area contributed by atoms with Crippen LogP contribution in [0.25, 0.3) is 0 Å². The highest BCUT2D eigenvalue weighted by Gasteiger charge is 2.45. The minimum absolute atomic E-state index is 0.0506. The van der Waals surface area contributed by atoms with E-state index in [1.807, 2.05) is 6.07 Å². The fourth-order valence-corrected chi connectivity index (χ4v) is 4.13. The molecule has 0 heterocycles. The van der Waals surface area contributed by atoms with Crippen LogP contribution >= 0.6 is 0 Å². The molecule has 0 amide bonds. The fraction of sp³-hybridized carbons (Fsp3) is 0.333. The molecule has 0 saturated heterocycles. The van der Waals surface area contributed by atoms with Gasteiger partial charge in [-0.25, -0.2) is 8.42 Å². The number of ether oxygens (including phenoxy) is 1. The molecule has 0 aromatic heterocycles. The lowest BCUT2D eigenvalue weighted by molar-refractivity contribution is -0.147. The molecule has 1 unspecified atom stereocenters. The van der Waals surface area contributed by atoms with Crippen molar-refractivity contribution in [3.05, 3.63) is 71.8 Å². The van der Waals surface area contributed by atoms with Gasteiger partial charge in [-0.1, -0.05) is 60.7 Å². The second-order valence-corrected chi connectivity index (χ2v) is 9.66. The molecule has 1 atom stereocenters. The van der Waals surface area contributed by atoms with E-state index in [1.165, 1.54) is 13.8 Å². The zero-order chi connectivity index (χ0) is 20.8.